The predicted molar refractivity (Wildman–Crippen MR) is 110 cm³/mol. The van der Waals surface area contributed by atoms with E-state index in [0.717, 1.165) is 0 Å². The van der Waals surface area contributed by atoms with Crippen LogP contribution < -0.4 is 10.5 Å². The Hall–Kier alpha value is -3.75. The van der Waals surface area contributed by atoms with Crippen LogP contribution in [0.5, 0.6) is 0 Å². The number of rotatable bonds is 6. The summed E-state index contributed by atoms with van der Waals surface area (Å²) in [5.74, 6) is -0.0311. The number of nitrogens with one attached hydrogen (secondary N) is 1. The normalized spacial score (nSPS) is 10.7. The number of nitro groups is 1. The molecule has 0 unspecified atom stereocenters. The molecule has 0 aliphatic rings. The summed E-state index contributed by atoms with van der Waals surface area (Å²) in [6.07, 6.45) is 0. The van der Waals surface area contributed by atoms with Crippen LogP contribution in [0.25, 0.3) is 10.9 Å². The highest BCUT2D eigenvalue weighted by Gasteiger charge is 2.23. The monoisotopic (exact) mass is 395 g/mol. The highest BCUT2D eigenvalue weighted by Crippen LogP contribution is 2.26. The molecule has 0 spiro atoms. The van der Waals surface area contributed by atoms with Gasteiger partial charge in [0.1, 0.15) is 5.82 Å². The summed E-state index contributed by atoms with van der Waals surface area (Å²) in [7, 11) is 3.52. The standard InChI is InChI=1S/C20H21N5O4/c1-4-24(12-18-21-16-8-6-5-7-14(16)19(26)22-18)20(27)15-11-13(25(28)29)9-10-17(15)23(2)3/h5-11H,4,12H2,1-3H3,(H,21,22,26). The Labute approximate surface area is 166 Å². The van der Waals surface area contributed by atoms with Crippen LogP contribution >= 0.6 is 0 Å². The maximum Gasteiger partial charge on any atom is 0.270 e. The van der Waals surface area contributed by atoms with E-state index < -0.39 is 4.92 Å². The number of nitrogens with zero attached hydrogens (tertiary/aromatic N) is 4. The van der Waals surface area contributed by atoms with Gasteiger partial charge >= 0.3 is 0 Å². The van der Waals surface area contributed by atoms with Crippen LogP contribution in [0.1, 0.15) is 23.1 Å². The number of hydrogen-bond acceptors (Lipinski definition) is 6. The second-order valence-corrected chi connectivity index (χ2v) is 6.70. The lowest BCUT2D eigenvalue weighted by atomic mass is 10.1. The van der Waals surface area contributed by atoms with Crippen molar-refractivity contribution in [2.75, 3.05) is 25.5 Å². The number of H-pyrrole nitrogens is 1. The summed E-state index contributed by atoms with van der Waals surface area (Å²) in [4.78, 5) is 46.5. The fraction of sp³-hybridized carbons (Fsp3) is 0.250. The third-order valence-corrected chi connectivity index (χ3v) is 4.57. The van der Waals surface area contributed by atoms with E-state index in [1.165, 1.54) is 17.0 Å². The molecule has 150 valence electrons. The minimum absolute atomic E-state index is 0.0744. The molecule has 0 atom stereocenters. The number of aromatic amines is 1. The van der Waals surface area contributed by atoms with Crippen molar-refractivity contribution in [3.8, 4) is 0 Å². The topological polar surface area (TPSA) is 112 Å². The van der Waals surface area contributed by atoms with E-state index in [1.54, 1.807) is 56.3 Å². The summed E-state index contributed by atoms with van der Waals surface area (Å²) < 4.78 is 0. The molecule has 1 N–H and O–H groups in total. The van der Waals surface area contributed by atoms with Crippen LogP contribution in [0.4, 0.5) is 11.4 Å². The lowest BCUT2D eigenvalue weighted by Crippen LogP contribution is -2.33. The Morgan fingerprint density at radius 3 is 2.59 bits per heavy atom. The van der Waals surface area contributed by atoms with Gasteiger partial charge in [0.15, 0.2) is 0 Å². The van der Waals surface area contributed by atoms with Crippen LogP contribution in [0.2, 0.25) is 0 Å². The van der Waals surface area contributed by atoms with Crippen LogP contribution in [0.15, 0.2) is 47.3 Å². The van der Waals surface area contributed by atoms with Gasteiger partial charge in [-0.3, -0.25) is 19.7 Å². The first-order valence-electron chi connectivity index (χ1n) is 9.04. The molecule has 9 nitrogen and oxygen atoms in total. The Kier molecular flexibility index (Phi) is 5.58. The molecule has 0 aliphatic heterocycles. The zero-order chi connectivity index (χ0) is 21.1. The van der Waals surface area contributed by atoms with Crippen molar-refractivity contribution in [3.63, 3.8) is 0 Å². The van der Waals surface area contributed by atoms with Gasteiger partial charge in [-0.1, -0.05) is 12.1 Å². The molecule has 0 saturated carbocycles. The summed E-state index contributed by atoms with van der Waals surface area (Å²) in [5.41, 5.74) is 0.887. The molecular weight excluding hydrogens is 374 g/mol. The molecule has 1 heterocycles. The fourth-order valence-electron chi connectivity index (χ4n) is 3.09. The van der Waals surface area contributed by atoms with E-state index in [2.05, 4.69) is 9.97 Å². The molecule has 9 heteroatoms. The number of fused-ring (bicyclic) bond motifs is 1. The van der Waals surface area contributed by atoms with Gasteiger partial charge in [0.2, 0.25) is 0 Å². The zero-order valence-corrected chi connectivity index (χ0v) is 16.4. The molecular formula is C20H21N5O4. The van der Waals surface area contributed by atoms with Gasteiger partial charge < -0.3 is 14.8 Å². The van der Waals surface area contributed by atoms with Crippen LogP contribution in [0.3, 0.4) is 0 Å². The number of aromatic nitrogens is 2. The first kappa shape index (κ1) is 20.0. The summed E-state index contributed by atoms with van der Waals surface area (Å²) in [6, 6.07) is 11.1. The van der Waals surface area contributed by atoms with Gasteiger partial charge in [-0.2, -0.15) is 0 Å². The van der Waals surface area contributed by atoms with Gasteiger partial charge in [0.25, 0.3) is 17.2 Å². The number of carbonyl (C=O) groups is 1. The molecule has 3 aromatic rings. The highest BCUT2D eigenvalue weighted by molar-refractivity contribution is 6.00. The maximum absolute atomic E-state index is 13.2. The van der Waals surface area contributed by atoms with Crippen molar-refractivity contribution in [2.45, 2.75) is 13.5 Å². The first-order valence-corrected chi connectivity index (χ1v) is 9.04. The summed E-state index contributed by atoms with van der Waals surface area (Å²) in [5, 5.41) is 11.6. The van der Waals surface area contributed by atoms with Gasteiger partial charge in [-0.15, -0.1) is 0 Å². The molecule has 1 amide bonds. The molecule has 0 radical (unpaired) electrons. The summed E-state index contributed by atoms with van der Waals surface area (Å²) in [6.45, 7) is 2.21. The van der Waals surface area contributed by atoms with Crippen molar-refractivity contribution >= 4 is 28.2 Å². The van der Waals surface area contributed by atoms with E-state index in [4.69, 9.17) is 0 Å². The molecule has 1 aromatic heterocycles. The lowest BCUT2D eigenvalue weighted by molar-refractivity contribution is -0.384. The van der Waals surface area contributed by atoms with Crippen molar-refractivity contribution < 1.29 is 9.72 Å². The minimum atomic E-state index is -0.533. The molecule has 0 bridgehead atoms. The quantitative estimate of drug-likeness (QED) is 0.507. The predicted octanol–water partition coefficient (Wildman–Crippen LogP) is 2.56. The number of non-ortho nitro benzene ring substituents is 1. The fourth-order valence-corrected chi connectivity index (χ4v) is 3.09. The van der Waals surface area contributed by atoms with Crippen LogP contribution in [-0.4, -0.2) is 46.3 Å². The highest BCUT2D eigenvalue weighted by atomic mass is 16.6. The van der Waals surface area contributed by atoms with E-state index in [0.29, 0.717) is 29.0 Å². The van der Waals surface area contributed by atoms with Crippen molar-refractivity contribution in [3.05, 3.63) is 74.3 Å². The molecule has 2 aromatic carbocycles. The van der Waals surface area contributed by atoms with Crippen molar-refractivity contribution in [2.24, 2.45) is 0 Å². The van der Waals surface area contributed by atoms with E-state index in [9.17, 15) is 19.7 Å². The van der Waals surface area contributed by atoms with E-state index >= 15 is 0 Å². The minimum Gasteiger partial charge on any atom is -0.377 e. The van der Waals surface area contributed by atoms with E-state index in [-0.39, 0.29) is 29.3 Å². The first-order chi connectivity index (χ1) is 13.8. The third kappa shape index (κ3) is 4.08. The Morgan fingerprint density at radius 2 is 1.93 bits per heavy atom. The average molecular weight is 395 g/mol. The number of hydrogen-bond donors (Lipinski definition) is 1. The second-order valence-electron chi connectivity index (χ2n) is 6.70. The Bertz CT molecular complexity index is 1140. The molecule has 0 saturated heterocycles. The molecule has 29 heavy (non-hydrogen) atoms. The number of para-hydroxylation sites is 1. The number of anilines is 1. The number of amides is 1. The largest absolute Gasteiger partial charge is 0.377 e. The maximum atomic E-state index is 13.2. The Balaban J connectivity index is 1.98. The van der Waals surface area contributed by atoms with Crippen molar-refractivity contribution in [1.82, 2.24) is 14.9 Å². The van der Waals surface area contributed by atoms with Gasteiger partial charge in [0, 0.05) is 38.5 Å². The smallest absolute Gasteiger partial charge is 0.270 e. The van der Waals surface area contributed by atoms with Gasteiger partial charge in [-0.25, -0.2) is 4.98 Å². The van der Waals surface area contributed by atoms with E-state index in [1.807, 2.05) is 0 Å². The lowest BCUT2D eigenvalue weighted by Gasteiger charge is -2.24. The SMILES string of the molecule is CCN(Cc1nc2ccccc2c(=O)[nH]1)C(=O)c1cc([N+](=O)[O-])ccc1N(C)C. The molecule has 0 fully saturated rings. The Morgan fingerprint density at radius 1 is 1.21 bits per heavy atom. The number of benzene rings is 2. The van der Waals surface area contributed by atoms with Gasteiger partial charge in [0.05, 0.1) is 27.9 Å². The number of carbonyl (C=O) groups excluding carboxylic acids is 1. The average Bonchev–Trinajstić information content (AvgIpc) is 2.71. The summed E-state index contributed by atoms with van der Waals surface area (Å²) >= 11 is 0. The third-order valence-electron chi connectivity index (χ3n) is 4.57. The van der Waals surface area contributed by atoms with Gasteiger partial charge in [-0.05, 0) is 25.1 Å². The van der Waals surface area contributed by atoms with Crippen LogP contribution in [0, 0.1) is 10.1 Å². The van der Waals surface area contributed by atoms with Crippen molar-refractivity contribution in [1.29, 1.82) is 0 Å². The zero-order valence-electron chi connectivity index (χ0n) is 16.4. The molecule has 3 rings (SSSR count). The second kappa shape index (κ2) is 8.09. The van der Waals surface area contributed by atoms with Crippen LogP contribution in [-0.2, 0) is 6.54 Å². The number of nitro benzene ring substituents is 1. The molecule has 0 aliphatic carbocycles.